The molecule has 0 bridgehead atoms. The monoisotopic (exact) mass is 460 g/mol. The zero-order chi connectivity index (χ0) is 22.8. The Bertz CT molecular complexity index is 1080. The average Bonchev–Trinajstić information content (AvgIpc) is 3.44. The summed E-state index contributed by atoms with van der Waals surface area (Å²) >= 11 is 1.78. The molecule has 170 valence electrons. The lowest BCUT2D eigenvalue weighted by Crippen LogP contribution is -2.44. The second-order valence-corrected chi connectivity index (χ2v) is 9.87. The summed E-state index contributed by atoms with van der Waals surface area (Å²) in [7, 11) is 0. The van der Waals surface area contributed by atoms with E-state index < -0.39 is 17.9 Å². The van der Waals surface area contributed by atoms with Crippen molar-refractivity contribution in [3.05, 3.63) is 88.1 Å². The maximum Gasteiger partial charge on any atom is 0.326 e. The molecule has 2 aromatic carbocycles. The van der Waals surface area contributed by atoms with E-state index in [1.165, 1.54) is 10.6 Å². The van der Waals surface area contributed by atoms with Crippen molar-refractivity contribution >= 4 is 28.9 Å². The van der Waals surface area contributed by atoms with Crippen molar-refractivity contribution in [2.45, 2.75) is 43.7 Å². The van der Waals surface area contributed by atoms with Gasteiger partial charge in [0.1, 0.15) is 6.04 Å². The maximum atomic E-state index is 14.0. The molecule has 33 heavy (non-hydrogen) atoms. The molecule has 6 heteroatoms. The summed E-state index contributed by atoms with van der Waals surface area (Å²) in [6.07, 6.45) is 3.75. The fourth-order valence-electron chi connectivity index (χ4n) is 5.30. The molecule has 1 saturated heterocycles. The molecule has 1 aromatic heterocycles. The first kappa shape index (κ1) is 21.7. The summed E-state index contributed by atoms with van der Waals surface area (Å²) in [5, 5.41) is 12.2. The third-order valence-corrected chi connectivity index (χ3v) is 7.85. The number of hydrogen-bond donors (Lipinski definition) is 1. The summed E-state index contributed by atoms with van der Waals surface area (Å²) in [6, 6.07) is 20.7. The number of carbonyl (C=O) groups excluding carboxylic acids is 1. The first-order valence-corrected chi connectivity index (χ1v) is 12.5. The lowest BCUT2D eigenvalue weighted by atomic mass is 9.90. The van der Waals surface area contributed by atoms with Crippen LogP contribution in [0.15, 0.2) is 72.1 Å². The summed E-state index contributed by atoms with van der Waals surface area (Å²) < 4.78 is 0. The van der Waals surface area contributed by atoms with Gasteiger partial charge in [-0.3, -0.25) is 4.79 Å². The van der Waals surface area contributed by atoms with Gasteiger partial charge < -0.3 is 14.9 Å². The first-order valence-electron chi connectivity index (χ1n) is 11.6. The Labute approximate surface area is 198 Å². The Hall–Kier alpha value is -3.12. The summed E-state index contributed by atoms with van der Waals surface area (Å²) in [5.74, 6) is -1.58. The number of benzene rings is 2. The Morgan fingerprint density at radius 3 is 2.24 bits per heavy atom. The highest BCUT2D eigenvalue weighted by molar-refractivity contribution is 7.10. The van der Waals surface area contributed by atoms with Gasteiger partial charge in [-0.25, -0.2) is 4.79 Å². The quantitative estimate of drug-likeness (QED) is 0.595. The van der Waals surface area contributed by atoms with Crippen LogP contribution in [0.3, 0.4) is 0 Å². The summed E-state index contributed by atoms with van der Waals surface area (Å²) in [5.41, 5.74) is 3.00. The zero-order valence-corrected chi connectivity index (χ0v) is 19.3. The molecule has 0 spiro atoms. The van der Waals surface area contributed by atoms with Crippen molar-refractivity contribution in [2.75, 3.05) is 18.0 Å². The SMILES string of the molecule is O=C(O)[C@@H]1C[C@H](N2CCCCc3sccc32)CN1C(=O)C(c1ccccc1)c1ccccc1. The minimum absolute atomic E-state index is 0.00805. The molecule has 5 rings (SSSR count). The van der Waals surface area contributed by atoms with E-state index in [1.54, 1.807) is 16.2 Å². The molecule has 5 nitrogen and oxygen atoms in total. The number of carbonyl (C=O) groups is 2. The van der Waals surface area contributed by atoms with Crippen LogP contribution in [0.2, 0.25) is 0 Å². The second kappa shape index (κ2) is 9.40. The molecule has 0 radical (unpaired) electrons. The van der Waals surface area contributed by atoms with Crippen LogP contribution in [0.1, 0.15) is 41.2 Å². The molecule has 2 aliphatic rings. The summed E-state index contributed by atoms with van der Waals surface area (Å²) in [6.45, 7) is 1.34. The van der Waals surface area contributed by atoms with E-state index in [1.807, 2.05) is 60.7 Å². The van der Waals surface area contributed by atoms with Crippen molar-refractivity contribution in [3.63, 3.8) is 0 Å². The number of nitrogens with zero attached hydrogens (tertiary/aromatic N) is 2. The van der Waals surface area contributed by atoms with Crippen molar-refractivity contribution < 1.29 is 14.7 Å². The van der Waals surface area contributed by atoms with E-state index in [9.17, 15) is 14.7 Å². The number of fused-ring (bicyclic) bond motifs is 1. The molecule has 2 aliphatic heterocycles. The molecule has 0 unspecified atom stereocenters. The molecule has 3 aromatic rings. The Morgan fingerprint density at radius 1 is 0.939 bits per heavy atom. The van der Waals surface area contributed by atoms with Crippen LogP contribution in [0, 0.1) is 0 Å². The van der Waals surface area contributed by atoms with Gasteiger partial charge in [0.15, 0.2) is 0 Å². The normalized spacial score (nSPS) is 20.5. The number of aliphatic carboxylic acids is 1. The Morgan fingerprint density at radius 2 is 1.61 bits per heavy atom. The predicted molar refractivity (Wildman–Crippen MR) is 131 cm³/mol. The highest BCUT2D eigenvalue weighted by Gasteiger charge is 2.44. The van der Waals surface area contributed by atoms with Crippen LogP contribution in [0.4, 0.5) is 5.69 Å². The van der Waals surface area contributed by atoms with Crippen LogP contribution in [0.5, 0.6) is 0 Å². The van der Waals surface area contributed by atoms with Gasteiger partial charge in [0.25, 0.3) is 0 Å². The highest BCUT2D eigenvalue weighted by atomic mass is 32.1. The van der Waals surface area contributed by atoms with Crippen molar-refractivity contribution in [2.24, 2.45) is 0 Å². The number of amides is 1. The van der Waals surface area contributed by atoms with Crippen molar-refractivity contribution in [3.8, 4) is 0 Å². The smallest absolute Gasteiger partial charge is 0.326 e. The van der Waals surface area contributed by atoms with Gasteiger partial charge in [-0.1, -0.05) is 60.7 Å². The fourth-order valence-corrected chi connectivity index (χ4v) is 6.23. The first-order chi connectivity index (χ1) is 16.1. The predicted octanol–water partition coefficient (Wildman–Crippen LogP) is 4.78. The number of carboxylic acid groups (broad SMARTS) is 1. The Balaban J connectivity index is 1.48. The van der Waals surface area contributed by atoms with Gasteiger partial charge >= 0.3 is 5.97 Å². The molecular weight excluding hydrogens is 432 g/mol. The fraction of sp³-hybridized carbons (Fsp3) is 0.333. The van der Waals surface area contributed by atoms with Gasteiger partial charge in [-0.15, -0.1) is 11.3 Å². The molecule has 1 N–H and O–H groups in total. The van der Waals surface area contributed by atoms with Crippen LogP contribution in [-0.4, -0.2) is 47.1 Å². The van der Waals surface area contributed by atoms with E-state index in [-0.39, 0.29) is 11.9 Å². The number of aryl methyl sites for hydroxylation is 1. The van der Waals surface area contributed by atoms with Gasteiger partial charge in [0.05, 0.1) is 11.6 Å². The molecule has 1 amide bonds. The third kappa shape index (κ3) is 4.27. The number of thiophene rings is 1. The Kier molecular flexibility index (Phi) is 6.18. The van der Waals surface area contributed by atoms with E-state index in [4.69, 9.17) is 0 Å². The number of anilines is 1. The molecular formula is C27H28N2O3S. The molecule has 1 fully saturated rings. The van der Waals surface area contributed by atoms with Gasteiger partial charge in [-0.2, -0.15) is 0 Å². The van der Waals surface area contributed by atoms with Gasteiger partial charge in [-0.05, 0) is 41.8 Å². The topological polar surface area (TPSA) is 60.9 Å². The number of hydrogen-bond acceptors (Lipinski definition) is 4. The highest BCUT2D eigenvalue weighted by Crippen LogP contribution is 2.37. The third-order valence-electron chi connectivity index (χ3n) is 6.88. The van der Waals surface area contributed by atoms with Gasteiger partial charge in [0.2, 0.25) is 5.91 Å². The molecule has 0 aliphatic carbocycles. The molecule has 0 saturated carbocycles. The number of likely N-dealkylation sites (tertiary alicyclic amines) is 1. The van der Waals surface area contributed by atoms with E-state index >= 15 is 0 Å². The van der Waals surface area contributed by atoms with Crippen LogP contribution < -0.4 is 4.90 Å². The van der Waals surface area contributed by atoms with Crippen LogP contribution in [-0.2, 0) is 16.0 Å². The minimum atomic E-state index is -0.925. The van der Waals surface area contributed by atoms with E-state index in [0.717, 1.165) is 36.9 Å². The number of carboxylic acids is 1. The lowest BCUT2D eigenvalue weighted by molar-refractivity contribution is -0.148. The summed E-state index contributed by atoms with van der Waals surface area (Å²) in [4.78, 5) is 31.6. The minimum Gasteiger partial charge on any atom is -0.480 e. The van der Waals surface area contributed by atoms with Crippen LogP contribution >= 0.6 is 11.3 Å². The van der Waals surface area contributed by atoms with Gasteiger partial charge in [0, 0.05) is 30.4 Å². The lowest BCUT2D eigenvalue weighted by Gasteiger charge is -2.31. The molecule has 3 heterocycles. The van der Waals surface area contributed by atoms with Crippen LogP contribution in [0.25, 0.3) is 0 Å². The standard InChI is InChI=1S/C27H28N2O3S/c30-26(25(19-9-3-1-4-10-19)20-11-5-2-6-12-20)29-18-21(17-23(29)27(31)32)28-15-8-7-13-24-22(28)14-16-33-24/h1-6,9-12,14,16,21,23,25H,7-8,13,15,17-18H2,(H,31,32)/t21-,23-/m0/s1. The second-order valence-electron chi connectivity index (χ2n) is 8.87. The number of rotatable bonds is 5. The zero-order valence-electron chi connectivity index (χ0n) is 18.5. The largest absolute Gasteiger partial charge is 0.480 e. The average molecular weight is 461 g/mol. The van der Waals surface area contributed by atoms with Crippen molar-refractivity contribution in [1.82, 2.24) is 4.90 Å². The van der Waals surface area contributed by atoms with E-state index in [0.29, 0.717) is 13.0 Å². The van der Waals surface area contributed by atoms with E-state index in [2.05, 4.69) is 16.3 Å². The molecule has 2 atom stereocenters. The maximum absolute atomic E-state index is 14.0. The van der Waals surface area contributed by atoms with Crippen molar-refractivity contribution in [1.29, 1.82) is 0 Å².